The Morgan fingerprint density at radius 1 is 1.38 bits per heavy atom. The van der Waals surface area contributed by atoms with Crippen molar-refractivity contribution in [2.75, 3.05) is 25.1 Å². The van der Waals surface area contributed by atoms with Gasteiger partial charge in [0.15, 0.2) is 0 Å². The van der Waals surface area contributed by atoms with Gasteiger partial charge in [0.1, 0.15) is 0 Å². The maximum Gasteiger partial charge on any atom is 0.0669 e. The standard InChI is InChI=1S/C10H23NOS/c1-10(2,3)7-9(12)8-11-5-6-13-4/h9,11-12H,5-8H2,1-4H3. The summed E-state index contributed by atoms with van der Waals surface area (Å²) in [5.74, 6) is 1.11. The van der Waals surface area contributed by atoms with E-state index in [2.05, 4.69) is 32.3 Å². The van der Waals surface area contributed by atoms with E-state index in [9.17, 15) is 5.11 Å². The molecule has 0 aromatic rings. The summed E-state index contributed by atoms with van der Waals surface area (Å²) in [6.07, 6.45) is 2.74. The third kappa shape index (κ3) is 10.2. The zero-order chi connectivity index (χ0) is 10.3. The van der Waals surface area contributed by atoms with Gasteiger partial charge in [-0.3, -0.25) is 0 Å². The molecule has 0 saturated heterocycles. The van der Waals surface area contributed by atoms with Crippen LogP contribution in [-0.2, 0) is 0 Å². The van der Waals surface area contributed by atoms with E-state index in [1.54, 1.807) is 0 Å². The molecular weight excluding hydrogens is 182 g/mol. The maximum absolute atomic E-state index is 9.61. The Kier molecular flexibility index (Phi) is 6.82. The first-order valence-corrected chi connectivity index (χ1v) is 6.23. The first kappa shape index (κ1) is 13.3. The number of aliphatic hydroxyl groups excluding tert-OH is 1. The molecule has 0 spiro atoms. The molecule has 80 valence electrons. The van der Waals surface area contributed by atoms with Crippen LogP contribution in [0.25, 0.3) is 0 Å². The Hall–Kier alpha value is 0.270. The number of nitrogens with one attached hydrogen (secondary N) is 1. The lowest BCUT2D eigenvalue weighted by Gasteiger charge is -2.22. The van der Waals surface area contributed by atoms with Crippen molar-refractivity contribution in [1.82, 2.24) is 5.32 Å². The van der Waals surface area contributed by atoms with Crippen LogP contribution >= 0.6 is 11.8 Å². The van der Waals surface area contributed by atoms with Gasteiger partial charge in [0.25, 0.3) is 0 Å². The van der Waals surface area contributed by atoms with Crippen molar-refractivity contribution in [3.63, 3.8) is 0 Å². The zero-order valence-corrected chi connectivity index (χ0v) is 10.1. The summed E-state index contributed by atoms with van der Waals surface area (Å²) in [4.78, 5) is 0. The largest absolute Gasteiger partial charge is 0.392 e. The van der Waals surface area contributed by atoms with Crippen LogP contribution in [0.4, 0.5) is 0 Å². The van der Waals surface area contributed by atoms with Gasteiger partial charge < -0.3 is 10.4 Å². The summed E-state index contributed by atoms with van der Waals surface area (Å²) in [6, 6.07) is 0. The molecule has 0 aliphatic carbocycles. The molecule has 2 nitrogen and oxygen atoms in total. The van der Waals surface area contributed by atoms with E-state index in [1.165, 1.54) is 0 Å². The Morgan fingerprint density at radius 3 is 2.46 bits per heavy atom. The fourth-order valence-corrected chi connectivity index (χ4v) is 1.57. The summed E-state index contributed by atoms with van der Waals surface area (Å²) < 4.78 is 0. The Morgan fingerprint density at radius 2 is 2.00 bits per heavy atom. The second-order valence-electron chi connectivity index (χ2n) is 4.62. The summed E-state index contributed by atoms with van der Waals surface area (Å²) in [5, 5.41) is 12.9. The fourth-order valence-electron chi connectivity index (χ4n) is 1.22. The fraction of sp³-hybridized carbons (Fsp3) is 1.00. The average Bonchev–Trinajstić information content (AvgIpc) is 1.94. The van der Waals surface area contributed by atoms with Gasteiger partial charge in [0.05, 0.1) is 6.10 Å². The molecule has 0 saturated carbocycles. The smallest absolute Gasteiger partial charge is 0.0669 e. The van der Waals surface area contributed by atoms with Crippen LogP contribution in [0.15, 0.2) is 0 Å². The minimum atomic E-state index is -0.207. The third-order valence-corrected chi connectivity index (χ3v) is 2.32. The lowest BCUT2D eigenvalue weighted by Crippen LogP contribution is -2.31. The highest BCUT2D eigenvalue weighted by Gasteiger charge is 2.15. The number of rotatable bonds is 6. The number of hydrogen-bond acceptors (Lipinski definition) is 3. The van der Waals surface area contributed by atoms with Gasteiger partial charge in [-0.15, -0.1) is 0 Å². The molecule has 0 aromatic carbocycles. The van der Waals surface area contributed by atoms with E-state index in [1.807, 2.05) is 11.8 Å². The summed E-state index contributed by atoms with van der Waals surface area (Å²) >= 11 is 1.82. The second-order valence-corrected chi connectivity index (χ2v) is 5.60. The molecule has 1 unspecified atom stereocenters. The predicted molar refractivity (Wildman–Crippen MR) is 61.3 cm³/mol. The molecule has 0 radical (unpaired) electrons. The maximum atomic E-state index is 9.61. The minimum Gasteiger partial charge on any atom is -0.392 e. The van der Waals surface area contributed by atoms with Gasteiger partial charge in [0, 0.05) is 18.8 Å². The van der Waals surface area contributed by atoms with Crippen molar-refractivity contribution in [2.24, 2.45) is 5.41 Å². The highest BCUT2D eigenvalue weighted by molar-refractivity contribution is 7.98. The quantitative estimate of drug-likeness (QED) is 0.648. The Labute approximate surface area is 86.5 Å². The third-order valence-electron chi connectivity index (χ3n) is 1.71. The zero-order valence-electron chi connectivity index (χ0n) is 9.26. The first-order valence-electron chi connectivity index (χ1n) is 4.83. The van der Waals surface area contributed by atoms with Crippen molar-refractivity contribution < 1.29 is 5.11 Å². The van der Waals surface area contributed by atoms with Crippen molar-refractivity contribution in [3.8, 4) is 0 Å². The highest BCUT2D eigenvalue weighted by atomic mass is 32.2. The van der Waals surface area contributed by atoms with Crippen LogP contribution in [0.2, 0.25) is 0 Å². The summed E-state index contributed by atoms with van der Waals surface area (Å²) in [6.45, 7) is 8.16. The van der Waals surface area contributed by atoms with Crippen molar-refractivity contribution in [2.45, 2.75) is 33.3 Å². The van der Waals surface area contributed by atoms with Gasteiger partial charge in [-0.1, -0.05) is 20.8 Å². The van der Waals surface area contributed by atoms with Crippen LogP contribution in [0.3, 0.4) is 0 Å². The van der Waals surface area contributed by atoms with E-state index in [0.29, 0.717) is 0 Å². The Balaban J connectivity index is 3.35. The van der Waals surface area contributed by atoms with E-state index in [-0.39, 0.29) is 11.5 Å². The lowest BCUT2D eigenvalue weighted by atomic mass is 9.89. The molecule has 2 N–H and O–H groups in total. The molecule has 1 atom stereocenters. The highest BCUT2D eigenvalue weighted by Crippen LogP contribution is 2.20. The molecule has 0 bridgehead atoms. The first-order chi connectivity index (χ1) is 5.95. The lowest BCUT2D eigenvalue weighted by molar-refractivity contribution is 0.120. The van der Waals surface area contributed by atoms with Crippen molar-refractivity contribution >= 4 is 11.8 Å². The van der Waals surface area contributed by atoms with Crippen molar-refractivity contribution in [1.29, 1.82) is 0 Å². The molecule has 0 aromatic heterocycles. The molecule has 0 amide bonds. The van der Waals surface area contributed by atoms with E-state index >= 15 is 0 Å². The molecular formula is C10H23NOS. The van der Waals surface area contributed by atoms with Gasteiger partial charge in [-0.05, 0) is 18.1 Å². The normalized spacial score (nSPS) is 14.5. The van der Waals surface area contributed by atoms with Gasteiger partial charge >= 0.3 is 0 Å². The van der Waals surface area contributed by atoms with Gasteiger partial charge in [-0.25, -0.2) is 0 Å². The summed E-state index contributed by atoms with van der Waals surface area (Å²) in [5.41, 5.74) is 0.223. The van der Waals surface area contributed by atoms with Crippen LogP contribution in [0, 0.1) is 5.41 Å². The molecule has 3 heteroatoms. The van der Waals surface area contributed by atoms with E-state index in [0.717, 1.165) is 25.3 Å². The molecule has 0 heterocycles. The molecule has 0 fully saturated rings. The van der Waals surface area contributed by atoms with Crippen molar-refractivity contribution in [3.05, 3.63) is 0 Å². The van der Waals surface area contributed by atoms with Crippen LogP contribution < -0.4 is 5.32 Å². The van der Waals surface area contributed by atoms with Gasteiger partial charge in [0.2, 0.25) is 0 Å². The number of aliphatic hydroxyl groups is 1. The van der Waals surface area contributed by atoms with Crippen LogP contribution in [-0.4, -0.2) is 36.3 Å². The van der Waals surface area contributed by atoms with Gasteiger partial charge in [-0.2, -0.15) is 11.8 Å². The Bertz CT molecular complexity index is 123. The SMILES string of the molecule is CSCCNCC(O)CC(C)(C)C. The molecule has 0 aliphatic heterocycles. The van der Waals surface area contributed by atoms with E-state index in [4.69, 9.17) is 0 Å². The van der Waals surface area contributed by atoms with Crippen LogP contribution in [0.5, 0.6) is 0 Å². The van der Waals surface area contributed by atoms with E-state index < -0.39 is 0 Å². The summed E-state index contributed by atoms with van der Waals surface area (Å²) in [7, 11) is 0. The number of hydrogen-bond donors (Lipinski definition) is 2. The topological polar surface area (TPSA) is 32.3 Å². The molecule has 13 heavy (non-hydrogen) atoms. The average molecular weight is 205 g/mol. The molecule has 0 rings (SSSR count). The molecule has 0 aliphatic rings. The second kappa shape index (κ2) is 6.68. The monoisotopic (exact) mass is 205 g/mol. The predicted octanol–water partition coefficient (Wildman–Crippen LogP) is 1.74. The van der Waals surface area contributed by atoms with Crippen LogP contribution in [0.1, 0.15) is 27.2 Å². The number of thioether (sulfide) groups is 1. The minimum absolute atomic E-state index is 0.207.